The number of hydrogen-bond acceptors (Lipinski definition) is 5. The highest BCUT2D eigenvalue weighted by Crippen LogP contribution is 2.26. The molecule has 1 amide bonds. The number of amides is 1. The largest absolute Gasteiger partial charge is 0.322 e. The van der Waals surface area contributed by atoms with E-state index in [2.05, 4.69) is 21.2 Å². The molecule has 2 aromatic carbocycles. The molecule has 144 valence electrons. The van der Waals surface area contributed by atoms with E-state index < -0.39 is 20.9 Å². The molecule has 0 aliphatic rings. The van der Waals surface area contributed by atoms with Gasteiger partial charge in [-0.25, -0.2) is 8.42 Å². The van der Waals surface area contributed by atoms with Gasteiger partial charge in [-0.15, -0.1) is 0 Å². The number of sulfonamides is 1. The van der Waals surface area contributed by atoms with Crippen LogP contribution in [0.5, 0.6) is 0 Å². The summed E-state index contributed by atoms with van der Waals surface area (Å²) in [4.78, 5) is 22.9. The van der Waals surface area contributed by atoms with Gasteiger partial charge >= 0.3 is 0 Å². The number of nitrogens with one attached hydrogen (secondary N) is 1. The molecule has 0 bridgehead atoms. The van der Waals surface area contributed by atoms with Crippen LogP contribution in [0.15, 0.2) is 51.8 Å². The summed E-state index contributed by atoms with van der Waals surface area (Å²) in [5.74, 6) is -0.581. The maximum atomic E-state index is 12.6. The van der Waals surface area contributed by atoms with E-state index in [1.54, 1.807) is 19.9 Å². The topological polar surface area (TPSA) is 110 Å². The summed E-state index contributed by atoms with van der Waals surface area (Å²) in [5.41, 5.74) is 0.126. The van der Waals surface area contributed by atoms with Gasteiger partial charge in [-0.05, 0) is 46.3 Å². The highest BCUT2D eigenvalue weighted by molar-refractivity contribution is 9.10. The molecule has 0 fully saturated rings. The molecule has 0 saturated carbocycles. The summed E-state index contributed by atoms with van der Waals surface area (Å²) in [7, 11) is -3.66. The summed E-state index contributed by atoms with van der Waals surface area (Å²) < 4.78 is 26.8. The van der Waals surface area contributed by atoms with Crippen molar-refractivity contribution >= 4 is 43.2 Å². The normalized spacial score (nSPS) is 11.4. The van der Waals surface area contributed by atoms with Crippen molar-refractivity contribution in [2.24, 2.45) is 0 Å². The Morgan fingerprint density at radius 3 is 2.44 bits per heavy atom. The highest BCUT2D eigenvalue weighted by Gasteiger charge is 2.22. The average molecular weight is 456 g/mol. The highest BCUT2D eigenvalue weighted by atomic mass is 79.9. The lowest BCUT2D eigenvalue weighted by Gasteiger charge is -2.18. The molecule has 1 N–H and O–H groups in total. The average Bonchev–Trinajstić information content (AvgIpc) is 2.62. The minimum Gasteiger partial charge on any atom is -0.322 e. The number of carbonyl (C=O) groups is 1. The molecular formula is C17H18BrN3O5S. The summed E-state index contributed by atoms with van der Waals surface area (Å²) >= 11 is 3.06. The van der Waals surface area contributed by atoms with E-state index in [1.165, 1.54) is 34.6 Å². The fourth-order valence-corrected chi connectivity index (χ4v) is 4.34. The molecule has 0 aromatic heterocycles. The maximum absolute atomic E-state index is 12.6. The van der Waals surface area contributed by atoms with Gasteiger partial charge in [0.25, 0.3) is 11.6 Å². The van der Waals surface area contributed by atoms with E-state index in [-0.39, 0.29) is 26.3 Å². The van der Waals surface area contributed by atoms with E-state index in [0.29, 0.717) is 13.1 Å². The van der Waals surface area contributed by atoms with Crippen LogP contribution in [0.3, 0.4) is 0 Å². The zero-order valence-electron chi connectivity index (χ0n) is 14.7. The van der Waals surface area contributed by atoms with E-state index in [0.717, 1.165) is 6.07 Å². The second-order valence-electron chi connectivity index (χ2n) is 5.49. The van der Waals surface area contributed by atoms with Crippen LogP contribution < -0.4 is 5.32 Å². The van der Waals surface area contributed by atoms with Gasteiger partial charge in [0.15, 0.2) is 0 Å². The van der Waals surface area contributed by atoms with E-state index in [4.69, 9.17) is 0 Å². The first-order valence-corrected chi connectivity index (χ1v) is 10.3. The smallest absolute Gasteiger partial charge is 0.284 e. The number of rotatable bonds is 7. The van der Waals surface area contributed by atoms with Gasteiger partial charge < -0.3 is 5.32 Å². The lowest BCUT2D eigenvalue weighted by molar-refractivity contribution is -0.385. The summed E-state index contributed by atoms with van der Waals surface area (Å²) in [6.07, 6.45) is 0. The molecule has 10 heteroatoms. The fraction of sp³-hybridized carbons (Fsp3) is 0.235. The number of anilines is 1. The zero-order valence-corrected chi connectivity index (χ0v) is 17.1. The van der Waals surface area contributed by atoms with Gasteiger partial charge in [0.2, 0.25) is 10.0 Å². The molecule has 0 heterocycles. The van der Waals surface area contributed by atoms with Crippen molar-refractivity contribution in [3.63, 3.8) is 0 Å². The van der Waals surface area contributed by atoms with Crippen molar-refractivity contribution in [3.8, 4) is 0 Å². The second-order valence-corrected chi connectivity index (χ2v) is 8.29. The number of carbonyl (C=O) groups excluding carboxylic acids is 1. The number of halogens is 1. The number of benzene rings is 2. The van der Waals surface area contributed by atoms with E-state index in [9.17, 15) is 23.3 Å². The first kappa shape index (κ1) is 21.0. The van der Waals surface area contributed by atoms with E-state index in [1.807, 2.05) is 0 Å². The van der Waals surface area contributed by atoms with Crippen molar-refractivity contribution in [1.29, 1.82) is 0 Å². The van der Waals surface area contributed by atoms with Gasteiger partial charge in [-0.3, -0.25) is 14.9 Å². The first-order chi connectivity index (χ1) is 12.7. The van der Waals surface area contributed by atoms with Crippen molar-refractivity contribution in [1.82, 2.24) is 4.31 Å². The number of nitrogens with zero attached hydrogens (tertiary/aromatic N) is 2. The monoisotopic (exact) mass is 455 g/mol. The lowest BCUT2D eigenvalue weighted by Crippen LogP contribution is -2.30. The Bertz CT molecular complexity index is 974. The SMILES string of the molecule is CCN(CC)S(=O)(=O)c1cccc(NC(=O)c2ccc(Br)c([N+](=O)[O-])c2)c1. The standard InChI is InChI=1S/C17H18BrN3O5S/c1-3-20(4-2)27(25,26)14-7-5-6-13(11-14)19-17(22)12-8-9-15(18)16(10-12)21(23)24/h5-11H,3-4H2,1-2H3,(H,19,22). The van der Waals surface area contributed by atoms with Gasteiger partial charge in [0.05, 0.1) is 14.3 Å². The number of nitro benzene ring substituents is 1. The molecule has 0 aliphatic carbocycles. The van der Waals surface area contributed by atoms with Gasteiger partial charge in [0, 0.05) is 30.4 Å². The summed E-state index contributed by atoms with van der Waals surface area (Å²) in [6, 6.07) is 9.88. The Hall–Kier alpha value is -2.30. The Labute approximate surface area is 165 Å². The number of hydrogen-bond donors (Lipinski definition) is 1. The predicted octanol–water partition coefficient (Wildman–Crippen LogP) is 3.64. The zero-order chi connectivity index (χ0) is 20.2. The van der Waals surface area contributed by atoms with Crippen LogP contribution in [-0.2, 0) is 10.0 Å². The quantitative estimate of drug-likeness (QED) is 0.505. The molecule has 0 saturated heterocycles. The third kappa shape index (κ3) is 4.71. The Morgan fingerprint density at radius 1 is 1.19 bits per heavy atom. The van der Waals surface area contributed by atoms with Crippen LogP contribution >= 0.6 is 15.9 Å². The third-order valence-corrected chi connectivity index (χ3v) is 6.56. The Kier molecular flexibility index (Phi) is 6.68. The van der Waals surface area contributed by atoms with Crippen LogP contribution in [0.2, 0.25) is 0 Å². The van der Waals surface area contributed by atoms with Crippen LogP contribution in [0.25, 0.3) is 0 Å². The molecule has 0 aliphatic heterocycles. The number of nitro groups is 1. The first-order valence-electron chi connectivity index (χ1n) is 8.06. The molecule has 8 nitrogen and oxygen atoms in total. The fourth-order valence-electron chi connectivity index (χ4n) is 2.44. The maximum Gasteiger partial charge on any atom is 0.284 e. The van der Waals surface area contributed by atoms with Crippen molar-refractivity contribution < 1.29 is 18.1 Å². The van der Waals surface area contributed by atoms with Crippen LogP contribution in [0.1, 0.15) is 24.2 Å². The predicted molar refractivity (Wildman–Crippen MR) is 105 cm³/mol. The molecule has 0 spiro atoms. The molecule has 2 rings (SSSR count). The van der Waals surface area contributed by atoms with Crippen molar-refractivity contribution in [2.75, 3.05) is 18.4 Å². The van der Waals surface area contributed by atoms with Crippen LogP contribution in [-0.4, -0.2) is 36.6 Å². The van der Waals surface area contributed by atoms with Crippen molar-refractivity contribution in [2.45, 2.75) is 18.7 Å². The molecule has 0 radical (unpaired) electrons. The molecular weight excluding hydrogens is 438 g/mol. The molecule has 2 aromatic rings. The lowest BCUT2D eigenvalue weighted by atomic mass is 10.2. The van der Waals surface area contributed by atoms with Gasteiger partial charge in [-0.1, -0.05) is 19.9 Å². The molecule has 0 atom stereocenters. The Balaban J connectivity index is 2.30. The van der Waals surface area contributed by atoms with Crippen LogP contribution in [0.4, 0.5) is 11.4 Å². The van der Waals surface area contributed by atoms with Gasteiger partial charge in [0.1, 0.15) is 0 Å². The summed E-state index contributed by atoms with van der Waals surface area (Å²) in [6.45, 7) is 4.15. The molecule has 0 unspecified atom stereocenters. The van der Waals surface area contributed by atoms with Crippen molar-refractivity contribution in [3.05, 3.63) is 62.6 Å². The Morgan fingerprint density at radius 2 is 1.85 bits per heavy atom. The van der Waals surface area contributed by atoms with Crippen LogP contribution in [0, 0.1) is 10.1 Å². The minimum absolute atomic E-state index is 0.0609. The summed E-state index contributed by atoms with van der Waals surface area (Å²) in [5, 5.41) is 13.6. The van der Waals surface area contributed by atoms with E-state index >= 15 is 0 Å². The third-order valence-electron chi connectivity index (χ3n) is 3.84. The minimum atomic E-state index is -3.66. The second kappa shape index (κ2) is 8.59. The van der Waals surface area contributed by atoms with Gasteiger partial charge in [-0.2, -0.15) is 4.31 Å². The molecule has 27 heavy (non-hydrogen) atoms.